The molecule has 0 saturated carbocycles. The van der Waals surface area contributed by atoms with E-state index >= 15 is 0 Å². The molecule has 0 radical (unpaired) electrons. The van der Waals surface area contributed by atoms with Crippen molar-refractivity contribution >= 4 is 6.79 Å². The minimum absolute atomic E-state index is 0.258. The van der Waals surface area contributed by atoms with Gasteiger partial charge in [0.05, 0.1) is 6.61 Å². The highest BCUT2D eigenvalue weighted by atomic mass is 16.3. The van der Waals surface area contributed by atoms with Gasteiger partial charge in [-0.25, -0.2) is 0 Å². The molecule has 26 heavy (non-hydrogen) atoms. The Morgan fingerprint density at radius 1 is 0.731 bits per heavy atom. The summed E-state index contributed by atoms with van der Waals surface area (Å²) in [5.41, 5.74) is 0. The molecule has 0 aromatic carbocycles. The molecule has 0 aromatic heterocycles. The predicted molar refractivity (Wildman–Crippen MR) is 115 cm³/mol. The minimum atomic E-state index is 0.258. The van der Waals surface area contributed by atoms with Crippen molar-refractivity contribution in [1.82, 2.24) is 4.90 Å². The molecule has 0 heterocycles. The largest absolute Gasteiger partial charge is 0.395 e. The third-order valence-corrected chi connectivity index (χ3v) is 3.85. The van der Waals surface area contributed by atoms with Gasteiger partial charge in [-0.05, 0) is 58.5 Å². The molecule has 0 aromatic rings. The maximum Gasteiger partial charge on any atom is 0.106 e. The Morgan fingerprint density at radius 2 is 1.19 bits per heavy atom. The Kier molecular flexibility index (Phi) is 26.6. The Bertz CT molecular complexity index is 372. The molecule has 3 heteroatoms. The van der Waals surface area contributed by atoms with E-state index in [1.54, 1.807) is 0 Å². The van der Waals surface area contributed by atoms with Gasteiger partial charge in [-0.3, -0.25) is 0 Å². The number of likely N-dealkylation sites (N-methyl/N-ethyl adjacent to an activating group) is 1. The molecular formula is C23H41NO2. The topological polar surface area (TPSA) is 40.5 Å². The van der Waals surface area contributed by atoms with E-state index in [0.717, 1.165) is 38.8 Å². The van der Waals surface area contributed by atoms with Crippen molar-refractivity contribution in [3.05, 3.63) is 48.6 Å². The van der Waals surface area contributed by atoms with Crippen LogP contribution in [0.25, 0.3) is 0 Å². The van der Waals surface area contributed by atoms with Crippen LogP contribution in [0.2, 0.25) is 0 Å². The van der Waals surface area contributed by atoms with Crippen molar-refractivity contribution < 1.29 is 9.90 Å². The lowest BCUT2D eigenvalue weighted by Crippen LogP contribution is -2.23. The van der Waals surface area contributed by atoms with Gasteiger partial charge in [0.1, 0.15) is 6.79 Å². The summed E-state index contributed by atoms with van der Waals surface area (Å²) in [5.74, 6) is 0. The summed E-state index contributed by atoms with van der Waals surface area (Å²) >= 11 is 0. The highest BCUT2D eigenvalue weighted by molar-refractivity contribution is 5.11. The second kappa shape index (κ2) is 25.8. The molecule has 0 bridgehead atoms. The second-order valence-corrected chi connectivity index (χ2v) is 6.26. The molecular weight excluding hydrogens is 322 g/mol. The molecule has 150 valence electrons. The van der Waals surface area contributed by atoms with Crippen molar-refractivity contribution in [2.24, 2.45) is 0 Å². The molecule has 0 saturated heterocycles. The molecule has 0 spiro atoms. The van der Waals surface area contributed by atoms with E-state index in [1.807, 2.05) is 6.79 Å². The molecule has 0 amide bonds. The van der Waals surface area contributed by atoms with Gasteiger partial charge in [-0.15, -0.1) is 0 Å². The third kappa shape index (κ3) is 24.8. The number of carbonyl (C=O) groups excluding carboxylic acids is 1. The molecule has 0 aliphatic heterocycles. The van der Waals surface area contributed by atoms with Gasteiger partial charge < -0.3 is 14.8 Å². The van der Waals surface area contributed by atoms with Crippen molar-refractivity contribution in [3.8, 4) is 0 Å². The number of hydrogen-bond donors (Lipinski definition) is 1. The van der Waals surface area contributed by atoms with E-state index in [4.69, 9.17) is 9.90 Å². The number of allylic oxidation sites excluding steroid dienone is 8. The summed E-state index contributed by atoms with van der Waals surface area (Å²) in [6.45, 7) is 6.35. The number of hydrogen-bond acceptors (Lipinski definition) is 3. The Labute approximate surface area is 162 Å². The third-order valence-electron chi connectivity index (χ3n) is 3.85. The first-order valence-corrected chi connectivity index (χ1v) is 9.99. The van der Waals surface area contributed by atoms with Crippen molar-refractivity contribution in [2.45, 2.75) is 64.7 Å². The van der Waals surface area contributed by atoms with Crippen molar-refractivity contribution in [3.63, 3.8) is 0 Å². The fourth-order valence-electron chi connectivity index (χ4n) is 2.30. The van der Waals surface area contributed by atoms with Crippen LogP contribution in [0.5, 0.6) is 0 Å². The van der Waals surface area contributed by atoms with Gasteiger partial charge in [0.2, 0.25) is 0 Å². The van der Waals surface area contributed by atoms with Crippen LogP contribution in [0.4, 0.5) is 0 Å². The minimum Gasteiger partial charge on any atom is -0.395 e. The molecule has 3 nitrogen and oxygen atoms in total. The average molecular weight is 364 g/mol. The van der Waals surface area contributed by atoms with Crippen LogP contribution in [0, 0.1) is 0 Å². The lowest BCUT2D eigenvalue weighted by atomic mass is 10.2. The van der Waals surface area contributed by atoms with Crippen LogP contribution in [-0.4, -0.2) is 43.5 Å². The first-order chi connectivity index (χ1) is 12.8. The van der Waals surface area contributed by atoms with Crippen molar-refractivity contribution in [1.29, 1.82) is 0 Å². The Hall–Kier alpha value is -1.45. The van der Waals surface area contributed by atoms with Gasteiger partial charge in [0.25, 0.3) is 0 Å². The Morgan fingerprint density at radius 3 is 1.65 bits per heavy atom. The average Bonchev–Trinajstić information content (AvgIpc) is 2.66. The van der Waals surface area contributed by atoms with Gasteiger partial charge in [0.15, 0.2) is 0 Å². The first-order valence-electron chi connectivity index (χ1n) is 9.99. The van der Waals surface area contributed by atoms with Crippen LogP contribution < -0.4 is 0 Å². The highest BCUT2D eigenvalue weighted by Gasteiger charge is 1.95. The van der Waals surface area contributed by atoms with Crippen LogP contribution in [0.1, 0.15) is 64.7 Å². The number of aliphatic hydroxyl groups is 1. The molecule has 0 unspecified atom stereocenters. The Balaban J connectivity index is 0. The van der Waals surface area contributed by atoms with Crippen LogP contribution in [-0.2, 0) is 4.79 Å². The fraction of sp³-hybridized carbons (Fsp3) is 0.609. The van der Waals surface area contributed by atoms with Crippen LogP contribution >= 0.6 is 0 Å². The number of nitrogens with zero attached hydrogens (tertiary/aromatic N) is 1. The van der Waals surface area contributed by atoms with E-state index in [2.05, 4.69) is 67.5 Å². The zero-order valence-corrected chi connectivity index (χ0v) is 17.1. The van der Waals surface area contributed by atoms with Gasteiger partial charge in [0, 0.05) is 6.54 Å². The standard InChI is InChI=1S/C22H39NO.CH2O/c1-3-4-5-6-7-8-9-10-11-12-13-14-15-16-17-18-19-20-23(2)21-22-24;1-2/h6-7,9-10,12-13,15-16,24H,3-5,8,11,14,17-22H2,1-2H3;1H2/b7-6-,10-9-,13-12-,16-15-;. The summed E-state index contributed by atoms with van der Waals surface area (Å²) in [4.78, 5) is 10.2. The van der Waals surface area contributed by atoms with Gasteiger partial charge in [-0.2, -0.15) is 0 Å². The first kappa shape index (κ1) is 26.8. The second-order valence-electron chi connectivity index (χ2n) is 6.26. The maximum atomic E-state index is 8.81. The summed E-state index contributed by atoms with van der Waals surface area (Å²) in [6.07, 6.45) is 28.6. The highest BCUT2D eigenvalue weighted by Crippen LogP contribution is 2.00. The molecule has 0 rings (SSSR count). The van der Waals surface area contributed by atoms with E-state index in [-0.39, 0.29) is 6.61 Å². The lowest BCUT2D eigenvalue weighted by Gasteiger charge is -2.13. The zero-order chi connectivity index (χ0) is 19.7. The zero-order valence-electron chi connectivity index (χ0n) is 17.1. The summed E-state index contributed by atoms with van der Waals surface area (Å²) in [5, 5.41) is 8.81. The lowest BCUT2D eigenvalue weighted by molar-refractivity contribution is -0.0979. The number of unbranched alkanes of at least 4 members (excludes halogenated alkanes) is 4. The molecule has 0 atom stereocenters. The number of aliphatic hydroxyl groups excluding tert-OH is 1. The predicted octanol–water partition coefficient (Wildman–Crippen LogP) is 5.48. The molecule has 0 aliphatic rings. The van der Waals surface area contributed by atoms with Gasteiger partial charge >= 0.3 is 0 Å². The van der Waals surface area contributed by atoms with Crippen LogP contribution in [0.3, 0.4) is 0 Å². The fourth-order valence-corrected chi connectivity index (χ4v) is 2.30. The smallest absolute Gasteiger partial charge is 0.106 e. The molecule has 0 fully saturated rings. The number of carbonyl (C=O) groups is 1. The van der Waals surface area contributed by atoms with E-state index in [1.165, 1.54) is 32.1 Å². The van der Waals surface area contributed by atoms with Gasteiger partial charge in [-0.1, -0.05) is 68.4 Å². The quantitative estimate of drug-likeness (QED) is 0.291. The van der Waals surface area contributed by atoms with E-state index < -0.39 is 0 Å². The number of rotatable bonds is 16. The summed E-state index contributed by atoms with van der Waals surface area (Å²) in [7, 11) is 2.06. The molecule has 1 N–H and O–H groups in total. The summed E-state index contributed by atoms with van der Waals surface area (Å²) in [6, 6.07) is 0. The van der Waals surface area contributed by atoms with Crippen molar-refractivity contribution in [2.75, 3.05) is 26.7 Å². The normalized spacial score (nSPS) is 12.0. The summed E-state index contributed by atoms with van der Waals surface area (Å²) < 4.78 is 0. The SMILES string of the molecule is C=O.CCCC/C=C\C/C=C\C/C=C\C/C=C\CCCCN(C)CCO. The molecule has 0 aliphatic carbocycles. The van der Waals surface area contributed by atoms with E-state index in [9.17, 15) is 0 Å². The van der Waals surface area contributed by atoms with E-state index in [0.29, 0.717) is 0 Å². The monoisotopic (exact) mass is 363 g/mol. The van der Waals surface area contributed by atoms with Crippen LogP contribution in [0.15, 0.2) is 48.6 Å². The maximum absolute atomic E-state index is 8.81.